The number of ether oxygens (including phenoxy) is 1. The standard InChI is InChI=1S/C28H27FN4O3/c1-2-19-5-7-22-25(31-19)33-24(32-22)20-6-3-17(15-21(20)29)18-4-8-23(30-16-18)36-28-12-9-27(10-13-28,11-14-28)26(34)35/h3-8,15-16H,2,9-14H2,1H3,(H,34,35)(H,31,32,33). The Morgan fingerprint density at radius 1 is 1.03 bits per heavy atom. The summed E-state index contributed by atoms with van der Waals surface area (Å²) in [7, 11) is 0. The maximum atomic E-state index is 15.1. The van der Waals surface area contributed by atoms with Crippen molar-refractivity contribution in [2.75, 3.05) is 0 Å². The zero-order valence-corrected chi connectivity index (χ0v) is 20.1. The number of carboxylic acid groups (broad SMARTS) is 1. The second kappa shape index (κ2) is 8.40. The number of aryl methyl sites for hydroxylation is 1. The molecule has 184 valence electrons. The molecule has 4 aromatic rings. The van der Waals surface area contributed by atoms with Crippen LogP contribution in [0.25, 0.3) is 33.7 Å². The van der Waals surface area contributed by atoms with Gasteiger partial charge in [0.05, 0.1) is 16.5 Å². The zero-order chi connectivity index (χ0) is 24.9. The number of hydrogen-bond acceptors (Lipinski definition) is 5. The molecular weight excluding hydrogens is 459 g/mol. The van der Waals surface area contributed by atoms with Crippen LogP contribution in [-0.4, -0.2) is 36.6 Å². The molecule has 0 radical (unpaired) electrons. The van der Waals surface area contributed by atoms with Gasteiger partial charge in [0, 0.05) is 23.5 Å². The SMILES string of the molecule is CCc1ccc2[nH]c(-c3ccc(-c4ccc(OC56CCC(C(=O)O)(CC5)CC6)nc4)cc3F)nc2n1. The van der Waals surface area contributed by atoms with Crippen LogP contribution in [0.5, 0.6) is 5.88 Å². The van der Waals surface area contributed by atoms with Gasteiger partial charge in [-0.2, -0.15) is 0 Å². The summed E-state index contributed by atoms with van der Waals surface area (Å²) in [6.07, 6.45) is 6.62. The normalized spacial score (nSPS) is 23.2. The molecule has 8 heteroatoms. The molecule has 7 nitrogen and oxygen atoms in total. The lowest BCUT2D eigenvalue weighted by molar-refractivity contribution is -0.162. The van der Waals surface area contributed by atoms with Crippen molar-refractivity contribution < 1.29 is 19.0 Å². The summed E-state index contributed by atoms with van der Waals surface area (Å²) < 4.78 is 21.4. The van der Waals surface area contributed by atoms with Crippen LogP contribution < -0.4 is 4.74 Å². The van der Waals surface area contributed by atoms with Gasteiger partial charge in [-0.15, -0.1) is 0 Å². The van der Waals surface area contributed by atoms with Gasteiger partial charge in [0.15, 0.2) is 5.65 Å². The van der Waals surface area contributed by atoms with E-state index in [1.54, 1.807) is 18.3 Å². The highest BCUT2D eigenvalue weighted by Crippen LogP contribution is 2.53. The molecule has 0 unspecified atom stereocenters. The van der Waals surface area contributed by atoms with Gasteiger partial charge in [0.25, 0.3) is 0 Å². The van der Waals surface area contributed by atoms with E-state index in [9.17, 15) is 9.90 Å². The van der Waals surface area contributed by atoms with Crippen molar-refractivity contribution in [2.24, 2.45) is 5.41 Å². The van der Waals surface area contributed by atoms with Crippen LogP contribution in [0, 0.1) is 11.2 Å². The van der Waals surface area contributed by atoms with E-state index in [0.717, 1.165) is 42.5 Å². The molecule has 3 saturated carbocycles. The molecule has 36 heavy (non-hydrogen) atoms. The molecule has 1 aromatic carbocycles. The highest BCUT2D eigenvalue weighted by molar-refractivity contribution is 5.77. The number of fused-ring (bicyclic) bond motifs is 4. The first kappa shape index (κ1) is 22.6. The Labute approximate surface area is 207 Å². The van der Waals surface area contributed by atoms with Crippen LogP contribution in [0.1, 0.15) is 51.1 Å². The highest BCUT2D eigenvalue weighted by atomic mass is 19.1. The Hall–Kier alpha value is -3.81. The largest absolute Gasteiger partial charge is 0.481 e. The van der Waals surface area contributed by atoms with Gasteiger partial charge < -0.3 is 14.8 Å². The number of benzene rings is 1. The fourth-order valence-corrected chi connectivity index (χ4v) is 5.60. The van der Waals surface area contributed by atoms with Crippen molar-refractivity contribution in [3.63, 3.8) is 0 Å². The number of aromatic amines is 1. The molecule has 0 amide bonds. The van der Waals surface area contributed by atoms with E-state index in [1.807, 2.05) is 31.2 Å². The molecule has 3 heterocycles. The second-order valence-electron chi connectivity index (χ2n) is 10.1. The van der Waals surface area contributed by atoms with Crippen LogP contribution in [0.15, 0.2) is 48.7 Å². The molecule has 3 fully saturated rings. The third-order valence-electron chi connectivity index (χ3n) is 8.01. The minimum absolute atomic E-state index is 0.335. The Kier molecular flexibility index (Phi) is 5.28. The number of pyridine rings is 2. The van der Waals surface area contributed by atoms with E-state index in [-0.39, 0.29) is 11.4 Å². The average molecular weight is 487 g/mol. The number of rotatable bonds is 6. The third kappa shape index (κ3) is 3.81. The van der Waals surface area contributed by atoms with E-state index >= 15 is 4.39 Å². The van der Waals surface area contributed by atoms with Crippen molar-refractivity contribution in [1.29, 1.82) is 0 Å². The van der Waals surface area contributed by atoms with E-state index in [0.29, 0.717) is 47.7 Å². The maximum Gasteiger partial charge on any atom is 0.309 e. The first-order valence-electron chi connectivity index (χ1n) is 12.4. The number of H-pyrrole nitrogens is 1. The molecule has 0 aliphatic heterocycles. The van der Waals surface area contributed by atoms with E-state index < -0.39 is 11.4 Å². The second-order valence-corrected chi connectivity index (χ2v) is 10.1. The van der Waals surface area contributed by atoms with Gasteiger partial charge in [-0.05, 0) is 80.8 Å². The first-order chi connectivity index (χ1) is 17.4. The number of nitrogens with zero attached hydrogens (tertiary/aromatic N) is 3. The van der Waals surface area contributed by atoms with Crippen LogP contribution in [-0.2, 0) is 11.2 Å². The van der Waals surface area contributed by atoms with Gasteiger partial charge in [0.2, 0.25) is 5.88 Å². The molecule has 2 bridgehead atoms. The summed E-state index contributed by atoms with van der Waals surface area (Å²) >= 11 is 0. The molecule has 3 aliphatic rings. The van der Waals surface area contributed by atoms with Gasteiger partial charge in [-0.1, -0.05) is 13.0 Å². The van der Waals surface area contributed by atoms with Crippen LogP contribution >= 0.6 is 0 Å². The van der Waals surface area contributed by atoms with Crippen molar-refractivity contribution in [3.05, 3.63) is 60.2 Å². The molecule has 7 rings (SSSR count). The Morgan fingerprint density at radius 3 is 2.42 bits per heavy atom. The Bertz CT molecular complexity index is 1440. The summed E-state index contributed by atoms with van der Waals surface area (Å²) in [6.45, 7) is 2.03. The molecular formula is C28H27FN4O3. The number of imidazole rings is 1. The van der Waals surface area contributed by atoms with Gasteiger partial charge >= 0.3 is 5.97 Å². The summed E-state index contributed by atoms with van der Waals surface area (Å²) in [5.41, 5.74) is 3.25. The average Bonchev–Trinajstić information content (AvgIpc) is 3.33. The predicted octanol–water partition coefficient (Wildman–Crippen LogP) is 5.94. The minimum Gasteiger partial charge on any atom is -0.481 e. The molecule has 0 atom stereocenters. The van der Waals surface area contributed by atoms with Crippen LogP contribution in [0.2, 0.25) is 0 Å². The van der Waals surface area contributed by atoms with Crippen molar-refractivity contribution in [3.8, 4) is 28.4 Å². The van der Waals surface area contributed by atoms with Crippen LogP contribution in [0.4, 0.5) is 4.39 Å². The first-order valence-corrected chi connectivity index (χ1v) is 12.4. The van der Waals surface area contributed by atoms with E-state index in [1.165, 1.54) is 6.07 Å². The number of hydrogen-bond donors (Lipinski definition) is 2. The molecule has 2 N–H and O–H groups in total. The fourth-order valence-electron chi connectivity index (χ4n) is 5.60. The number of aliphatic carboxylic acids is 1. The number of carbonyl (C=O) groups is 1. The lowest BCUT2D eigenvalue weighted by Gasteiger charge is -2.50. The predicted molar refractivity (Wildman–Crippen MR) is 133 cm³/mol. The highest BCUT2D eigenvalue weighted by Gasteiger charge is 2.54. The monoisotopic (exact) mass is 486 g/mol. The quantitative estimate of drug-likeness (QED) is 0.350. The number of aromatic nitrogens is 4. The lowest BCUT2D eigenvalue weighted by atomic mass is 9.58. The number of halogens is 1. The lowest BCUT2D eigenvalue weighted by Crippen LogP contribution is -2.52. The number of carboxylic acids is 1. The smallest absolute Gasteiger partial charge is 0.309 e. The maximum absolute atomic E-state index is 15.1. The zero-order valence-electron chi connectivity index (χ0n) is 20.1. The molecule has 0 saturated heterocycles. The summed E-state index contributed by atoms with van der Waals surface area (Å²) in [6, 6.07) is 12.6. The Balaban J connectivity index is 1.19. The van der Waals surface area contributed by atoms with E-state index in [2.05, 4.69) is 19.9 Å². The third-order valence-corrected chi connectivity index (χ3v) is 8.01. The summed E-state index contributed by atoms with van der Waals surface area (Å²) in [5.74, 6) is -0.100. The van der Waals surface area contributed by atoms with Crippen LogP contribution in [0.3, 0.4) is 0 Å². The number of nitrogens with one attached hydrogen (secondary N) is 1. The topological polar surface area (TPSA) is 101 Å². The van der Waals surface area contributed by atoms with Crippen molar-refractivity contribution in [1.82, 2.24) is 19.9 Å². The minimum atomic E-state index is -0.681. The van der Waals surface area contributed by atoms with Crippen molar-refractivity contribution in [2.45, 2.75) is 57.5 Å². The molecule has 3 aromatic heterocycles. The Morgan fingerprint density at radius 2 is 1.78 bits per heavy atom. The van der Waals surface area contributed by atoms with Gasteiger partial charge in [0.1, 0.15) is 17.2 Å². The fraction of sp³-hybridized carbons (Fsp3) is 0.357. The van der Waals surface area contributed by atoms with Gasteiger partial charge in [-0.3, -0.25) is 4.79 Å². The summed E-state index contributed by atoms with van der Waals surface area (Å²) in [5, 5.41) is 9.59. The van der Waals surface area contributed by atoms with Gasteiger partial charge in [-0.25, -0.2) is 19.3 Å². The summed E-state index contributed by atoms with van der Waals surface area (Å²) in [4.78, 5) is 28.3. The van der Waals surface area contributed by atoms with Crippen molar-refractivity contribution >= 4 is 17.1 Å². The van der Waals surface area contributed by atoms with E-state index in [4.69, 9.17) is 4.74 Å². The molecule has 3 aliphatic carbocycles. The molecule has 0 spiro atoms.